The molecule has 6 heteroatoms. The van der Waals surface area contributed by atoms with E-state index in [2.05, 4.69) is 12.1 Å². The van der Waals surface area contributed by atoms with Gasteiger partial charge in [0.15, 0.2) is 11.5 Å². The number of piperidine rings is 1. The molecule has 1 spiro atoms. The van der Waals surface area contributed by atoms with E-state index in [0.717, 1.165) is 24.3 Å². The van der Waals surface area contributed by atoms with Crippen LogP contribution in [0.1, 0.15) is 17.5 Å². The van der Waals surface area contributed by atoms with Gasteiger partial charge in [-0.15, -0.1) is 12.4 Å². The quantitative estimate of drug-likeness (QED) is 0.477. The Morgan fingerprint density at radius 3 is 2.92 bits per heavy atom. The number of nitrogens with zero attached hydrogens (tertiary/aromatic N) is 1. The molecule has 1 fully saturated rings. The van der Waals surface area contributed by atoms with Gasteiger partial charge in [-0.3, -0.25) is 0 Å². The van der Waals surface area contributed by atoms with E-state index in [9.17, 15) is 10.3 Å². The molecule has 0 saturated carbocycles. The van der Waals surface area contributed by atoms with Crippen LogP contribution in [0.15, 0.2) is 24.3 Å². The molecule has 1 aromatic carbocycles. The highest BCUT2D eigenvalue weighted by Crippen LogP contribution is 2.63. The molecule has 1 saturated heterocycles. The molecule has 1 N–H and O–H groups in total. The van der Waals surface area contributed by atoms with Crippen LogP contribution in [0.2, 0.25) is 0 Å². The van der Waals surface area contributed by atoms with E-state index < -0.39 is 6.10 Å². The van der Waals surface area contributed by atoms with Crippen LogP contribution in [0.5, 0.6) is 11.5 Å². The van der Waals surface area contributed by atoms with Crippen LogP contribution in [0, 0.1) is 11.1 Å². The predicted octanol–water partition coefficient (Wildman–Crippen LogP) is 1.94. The van der Waals surface area contributed by atoms with E-state index in [1.54, 1.807) is 14.2 Å². The fourth-order valence-electron chi connectivity index (χ4n) is 5.54. The Hall–Kier alpha value is -1.27. The van der Waals surface area contributed by atoms with Gasteiger partial charge in [0.25, 0.3) is 0 Å². The van der Waals surface area contributed by atoms with Crippen LogP contribution < -0.4 is 9.47 Å². The lowest BCUT2D eigenvalue weighted by molar-refractivity contribution is -0.898. The number of hydrogen-bond donors (Lipinski definition) is 1. The standard InChI is InChI=1S/C18H21NO4.ClH/c1-19(21)8-7-18-11-4-5-13(20)17(18)23-16-14(22-2)6-3-10(15(16)18)9-12(11)19;/h3-6,11-13,17,20H,7-9H2,1-2H3;1H/t11?,12?,13-,17-,18?,19?;/m0./s1. The summed E-state index contributed by atoms with van der Waals surface area (Å²) in [5.41, 5.74) is 2.09. The lowest BCUT2D eigenvalue weighted by Gasteiger charge is -2.61. The van der Waals surface area contributed by atoms with Crippen molar-refractivity contribution in [3.05, 3.63) is 40.6 Å². The van der Waals surface area contributed by atoms with Crippen molar-refractivity contribution in [3.8, 4) is 11.5 Å². The maximum absolute atomic E-state index is 13.0. The predicted molar refractivity (Wildman–Crippen MR) is 91.5 cm³/mol. The van der Waals surface area contributed by atoms with E-state index in [1.807, 2.05) is 12.1 Å². The molecule has 5 rings (SSSR count). The summed E-state index contributed by atoms with van der Waals surface area (Å²) in [6, 6.07) is 3.99. The molecule has 2 heterocycles. The Kier molecular flexibility index (Phi) is 3.30. The van der Waals surface area contributed by atoms with Crippen molar-refractivity contribution in [3.63, 3.8) is 0 Å². The topological polar surface area (TPSA) is 61.8 Å². The molecule has 0 aromatic heterocycles. The van der Waals surface area contributed by atoms with Gasteiger partial charge in [0.05, 0.1) is 32.2 Å². The Morgan fingerprint density at radius 1 is 1.38 bits per heavy atom. The maximum Gasteiger partial charge on any atom is 0.165 e. The van der Waals surface area contributed by atoms with Gasteiger partial charge in [-0.2, -0.15) is 0 Å². The van der Waals surface area contributed by atoms with E-state index in [0.29, 0.717) is 6.54 Å². The van der Waals surface area contributed by atoms with Crippen LogP contribution in [-0.4, -0.2) is 48.7 Å². The van der Waals surface area contributed by atoms with Crippen molar-refractivity contribution >= 4 is 12.4 Å². The summed E-state index contributed by atoms with van der Waals surface area (Å²) in [5.74, 6) is 1.62. The van der Waals surface area contributed by atoms with Gasteiger partial charge in [-0.1, -0.05) is 18.2 Å². The summed E-state index contributed by atoms with van der Waals surface area (Å²) < 4.78 is 11.5. The number of likely N-dealkylation sites (N-methyl/N-ethyl adjacent to an activating group) is 1. The second-order valence-corrected chi connectivity index (χ2v) is 7.53. The number of methoxy groups -OCH3 is 1. The van der Waals surface area contributed by atoms with E-state index in [-0.39, 0.29) is 40.5 Å². The van der Waals surface area contributed by atoms with E-state index in [4.69, 9.17) is 9.47 Å². The van der Waals surface area contributed by atoms with Crippen LogP contribution >= 0.6 is 12.4 Å². The van der Waals surface area contributed by atoms with Crippen molar-refractivity contribution in [2.24, 2.45) is 5.92 Å². The summed E-state index contributed by atoms with van der Waals surface area (Å²) in [7, 11) is 3.43. The minimum atomic E-state index is -0.640. The molecular formula is C18H22ClNO4. The Bertz CT molecular complexity index is 734. The molecule has 130 valence electrons. The number of ether oxygens (including phenoxy) is 2. The van der Waals surface area contributed by atoms with Crippen LogP contribution in [0.25, 0.3) is 0 Å². The van der Waals surface area contributed by atoms with Crippen molar-refractivity contribution < 1.29 is 19.2 Å². The second-order valence-electron chi connectivity index (χ2n) is 7.53. The van der Waals surface area contributed by atoms with Crippen molar-refractivity contribution in [1.82, 2.24) is 0 Å². The van der Waals surface area contributed by atoms with Gasteiger partial charge in [0.2, 0.25) is 0 Å². The number of benzene rings is 1. The van der Waals surface area contributed by atoms with E-state index in [1.165, 1.54) is 11.1 Å². The average Bonchev–Trinajstić information content (AvgIpc) is 2.88. The normalized spacial score (nSPS) is 43.5. The molecule has 2 aliphatic heterocycles. The highest BCUT2D eigenvalue weighted by atomic mass is 35.5. The molecule has 4 aliphatic rings. The Morgan fingerprint density at radius 2 is 2.17 bits per heavy atom. The summed E-state index contributed by atoms with van der Waals surface area (Å²) in [6.07, 6.45) is 4.43. The first-order valence-corrected chi connectivity index (χ1v) is 8.28. The molecule has 6 atom stereocenters. The fourth-order valence-corrected chi connectivity index (χ4v) is 5.54. The third-order valence-corrected chi connectivity index (χ3v) is 6.58. The van der Waals surface area contributed by atoms with Gasteiger partial charge in [0.1, 0.15) is 12.2 Å². The maximum atomic E-state index is 13.0. The monoisotopic (exact) mass is 351 g/mol. The first kappa shape index (κ1) is 16.2. The molecule has 24 heavy (non-hydrogen) atoms. The largest absolute Gasteiger partial charge is 0.633 e. The van der Waals surface area contributed by atoms with Crippen molar-refractivity contribution in [2.75, 3.05) is 20.7 Å². The van der Waals surface area contributed by atoms with E-state index >= 15 is 0 Å². The molecule has 2 bridgehead atoms. The first-order chi connectivity index (χ1) is 11.0. The molecular weight excluding hydrogens is 330 g/mol. The van der Waals surface area contributed by atoms with Crippen molar-refractivity contribution in [1.29, 1.82) is 0 Å². The number of aliphatic hydroxyl groups excluding tert-OH is 1. The lowest BCUT2D eigenvalue weighted by Crippen LogP contribution is -2.69. The zero-order valence-electron chi connectivity index (χ0n) is 13.8. The number of quaternary nitrogens is 1. The Balaban J connectivity index is 0.00000146. The van der Waals surface area contributed by atoms with Crippen LogP contribution in [0.4, 0.5) is 0 Å². The van der Waals surface area contributed by atoms with Gasteiger partial charge in [-0.05, 0) is 11.6 Å². The number of aliphatic hydroxyl groups is 1. The number of hydroxylamine groups is 3. The number of likely N-dealkylation sites (tertiary alicyclic amines) is 1. The average molecular weight is 352 g/mol. The molecule has 1 aromatic rings. The summed E-state index contributed by atoms with van der Waals surface area (Å²) in [6.45, 7) is 0.567. The van der Waals surface area contributed by atoms with Gasteiger partial charge >= 0.3 is 0 Å². The third-order valence-electron chi connectivity index (χ3n) is 6.58. The fraction of sp³-hybridized carbons (Fsp3) is 0.556. The molecule has 0 amide bonds. The second kappa shape index (κ2) is 4.88. The zero-order valence-corrected chi connectivity index (χ0v) is 14.6. The molecule has 4 unspecified atom stereocenters. The highest BCUT2D eigenvalue weighted by molar-refractivity contribution is 5.85. The highest BCUT2D eigenvalue weighted by Gasteiger charge is 2.66. The molecule has 2 aliphatic carbocycles. The van der Waals surface area contributed by atoms with Gasteiger partial charge in [-0.25, -0.2) is 0 Å². The van der Waals surface area contributed by atoms with Crippen LogP contribution in [-0.2, 0) is 11.8 Å². The first-order valence-electron chi connectivity index (χ1n) is 8.28. The van der Waals surface area contributed by atoms with Gasteiger partial charge < -0.3 is 24.4 Å². The SMILES string of the molecule is COc1ccc2c3c1O[C@H]1[C@@H](O)C=CC4C(C2)[N+](C)([O-])CCC341.Cl. The minimum Gasteiger partial charge on any atom is -0.633 e. The number of hydrogen-bond acceptors (Lipinski definition) is 4. The van der Waals surface area contributed by atoms with Gasteiger partial charge in [0, 0.05) is 24.3 Å². The zero-order chi connectivity index (χ0) is 16.0. The third kappa shape index (κ3) is 1.66. The molecule has 5 nitrogen and oxygen atoms in total. The summed E-state index contributed by atoms with van der Waals surface area (Å²) in [5, 5.41) is 23.6. The number of halogens is 1. The summed E-state index contributed by atoms with van der Waals surface area (Å²) >= 11 is 0. The van der Waals surface area contributed by atoms with Crippen LogP contribution in [0.3, 0.4) is 0 Å². The Labute approximate surface area is 147 Å². The summed E-state index contributed by atoms with van der Waals surface area (Å²) in [4.78, 5) is 0. The lowest BCUT2D eigenvalue weighted by atomic mass is 9.53. The molecule has 0 radical (unpaired) electrons. The smallest absolute Gasteiger partial charge is 0.165 e. The number of rotatable bonds is 1. The minimum absolute atomic E-state index is 0. The van der Waals surface area contributed by atoms with Crippen molar-refractivity contribution in [2.45, 2.75) is 36.5 Å².